The lowest BCUT2D eigenvalue weighted by Gasteiger charge is -2.27. The van der Waals surface area contributed by atoms with Gasteiger partial charge in [0.05, 0.1) is 24.4 Å². The van der Waals surface area contributed by atoms with E-state index in [1.807, 2.05) is 44.2 Å². The van der Waals surface area contributed by atoms with E-state index in [4.69, 9.17) is 0 Å². The van der Waals surface area contributed by atoms with Crippen molar-refractivity contribution in [3.8, 4) is 0 Å². The first-order chi connectivity index (χ1) is 15.6. The SMILES string of the molecule is CCN(CC)C(=O)NC(CC(=O)N[C@H](C(=O)C1C(=O)NC(=O)[C@H]1C)C(C)C)c1ccccc1. The predicted molar refractivity (Wildman–Crippen MR) is 123 cm³/mol. The first kappa shape index (κ1) is 26.0. The molecule has 1 saturated heterocycles. The molecule has 180 valence electrons. The Balaban J connectivity index is 2.18. The Kier molecular flexibility index (Phi) is 9.13. The summed E-state index contributed by atoms with van der Waals surface area (Å²) in [7, 11) is 0. The summed E-state index contributed by atoms with van der Waals surface area (Å²) >= 11 is 0. The zero-order valence-corrected chi connectivity index (χ0v) is 19.9. The largest absolute Gasteiger partial charge is 0.346 e. The monoisotopic (exact) mass is 458 g/mol. The van der Waals surface area contributed by atoms with Crippen LogP contribution in [0.3, 0.4) is 0 Å². The van der Waals surface area contributed by atoms with Crippen LogP contribution < -0.4 is 16.0 Å². The summed E-state index contributed by atoms with van der Waals surface area (Å²) in [4.78, 5) is 64.3. The van der Waals surface area contributed by atoms with Crippen LogP contribution in [0.15, 0.2) is 30.3 Å². The van der Waals surface area contributed by atoms with Crippen LogP contribution in [0.4, 0.5) is 4.79 Å². The van der Waals surface area contributed by atoms with Crippen molar-refractivity contribution in [1.29, 1.82) is 0 Å². The number of Topliss-reactive ketones (excluding diaryl/α,β-unsaturated/α-hetero) is 1. The lowest BCUT2D eigenvalue weighted by molar-refractivity contribution is -0.137. The van der Waals surface area contributed by atoms with Crippen molar-refractivity contribution in [1.82, 2.24) is 20.9 Å². The van der Waals surface area contributed by atoms with Crippen LogP contribution in [-0.2, 0) is 19.2 Å². The molecule has 33 heavy (non-hydrogen) atoms. The van der Waals surface area contributed by atoms with Gasteiger partial charge in [-0.15, -0.1) is 0 Å². The molecule has 1 aliphatic rings. The van der Waals surface area contributed by atoms with Crippen LogP contribution >= 0.6 is 0 Å². The molecule has 1 fully saturated rings. The number of imide groups is 1. The summed E-state index contributed by atoms with van der Waals surface area (Å²) in [5.74, 6) is -4.25. The lowest BCUT2D eigenvalue weighted by Crippen LogP contribution is -2.50. The average Bonchev–Trinajstić information content (AvgIpc) is 3.03. The lowest BCUT2D eigenvalue weighted by atomic mass is 9.85. The Morgan fingerprint density at radius 1 is 1.00 bits per heavy atom. The van der Waals surface area contributed by atoms with E-state index in [1.165, 1.54) is 6.92 Å². The van der Waals surface area contributed by atoms with Gasteiger partial charge in [0.25, 0.3) is 0 Å². The van der Waals surface area contributed by atoms with Crippen molar-refractivity contribution < 1.29 is 24.0 Å². The molecule has 2 rings (SSSR count). The van der Waals surface area contributed by atoms with Crippen LogP contribution in [0.25, 0.3) is 0 Å². The molecule has 3 N–H and O–H groups in total. The molecule has 9 heteroatoms. The number of amides is 5. The van der Waals surface area contributed by atoms with E-state index in [9.17, 15) is 24.0 Å². The fourth-order valence-corrected chi connectivity index (χ4v) is 3.93. The number of nitrogens with one attached hydrogen (secondary N) is 3. The third-order valence-corrected chi connectivity index (χ3v) is 5.98. The summed E-state index contributed by atoms with van der Waals surface area (Å²) in [6.45, 7) is 9.85. The molecule has 1 heterocycles. The van der Waals surface area contributed by atoms with E-state index < -0.39 is 47.4 Å². The standard InChI is InChI=1S/C24H34N4O5/c1-6-28(7-2)24(33)25-17(16-11-9-8-10-12-16)13-18(29)26-20(14(3)4)21(30)19-15(5)22(31)27-23(19)32/h8-12,14-15,17,19-20H,6-7,13H2,1-5H3,(H,25,33)(H,26,29)(H,27,31,32)/t15-,17?,19?,20-/m0/s1. The minimum absolute atomic E-state index is 0.0845. The number of carbonyl (C=O) groups excluding carboxylic acids is 5. The smallest absolute Gasteiger partial charge is 0.317 e. The molecule has 1 aromatic carbocycles. The van der Waals surface area contributed by atoms with Crippen molar-refractivity contribution in [2.75, 3.05) is 13.1 Å². The van der Waals surface area contributed by atoms with Gasteiger partial charge in [-0.25, -0.2) is 4.79 Å². The average molecular weight is 459 g/mol. The molecular weight excluding hydrogens is 424 g/mol. The third kappa shape index (κ3) is 6.40. The molecular formula is C24H34N4O5. The van der Waals surface area contributed by atoms with Crippen LogP contribution in [0.1, 0.15) is 52.6 Å². The number of urea groups is 1. The maximum Gasteiger partial charge on any atom is 0.317 e. The second-order valence-electron chi connectivity index (χ2n) is 8.60. The highest BCUT2D eigenvalue weighted by Crippen LogP contribution is 2.24. The first-order valence-electron chi connectivity index (χ1n) is 11.4. The molecule has 2 unspecified atom stereocenters. The third-order valence-electron chi connectivity index (χ3n) is 5.98. The highest BCUT2D eigenvalue weighted by Gasteiger charge is 2.46. The summed E-state index contributed by atoms with van der Waals surface area (Å²) in [6, 6.07) is 7.31. The normalized spacial score (nSPS) is 19.6. The van der Waals surface area contributed by atoms with Crippen molar-refractivity contribution in [3.63, 3.8) is 0 Å². The summed E-state index contributed by atoms with van der Waals surface area (Å²) in [5.41, 5.74) is 0.759. The Labute approximate surface area is 194 Å². The van der Waals surface area contributed by atoms with Crippen molar-refractivity contribution in [2.24, 2.45) is 17.8 Å². The van der Waals surface area contributed by atoms with E-state index in [2.05, 4.69) is 16.0 Å². The molecule has 0 radical (unpaired) electrons. The Morgan fingerprint density at radius 3 is 2.09 bits per heavy atom. The highest BCUT2D eigenvalue weighted by molar-refractivity contribution is 6.16. The number of hydrogen-bond acceptors (Lipinski definition) is 5. The van der Waals surface area contributed by atoms with Gasteiger partial charge in [0, 0.05) is 13.1 Å². The molecule has 5 amide bonds. The van der Waals surface area contributed by atoms with Gasteiger partial charge in [0.15, 0.2) is 5.78 Å². The Morgan fingerprint density at radius 2 is 1.61 bits per heavy atom. The molecule has 0 saturated carbocycles. The van der Waals surface area contributed by atoms with Gasteiger partial charge in [0.2, 0.25) is 17.7 Å². The van der Waals surface area contributed by atoms with Gasteiger partial charge >= 0.3 is 6.03 Å². The number of ketones is 1. The minimum atomic E-state index is -1.13. The number of benzene rings is 1. The molecule has 0 aromatic heterocycles. The van der Waals surface area contributed by atoms with Crippen LogP contribution in [0, 0.1) is 17.8 Å². The quantitative estimate of drug-likeness (QED) is 0.364. The molecule has 4 atom stereocenters. The van der Waals surface area contributed by atoms with Crippen LogP contribution in [0.5, 0.6) is 0 Å². The van der Waals surface area contributed by atoms with E-state index in [0.717, 1.165) is 5.56 Å². The maximum atomic E-state index is 13.1. The van der Waals surface area contributed by atoms with Gasteiger partial charge in [-0.3, -0.25) is 24.5 Å². The van der Waals surface area contributed by atoms with Gasteiger partial charge in [-0.1, -0.05) is 51.1 Å². The van der Waals surface area contributed by atoms with Crippen LogP contribution in [-0.4, -0.2) is 53.6 Å². The predicted octanol–water partition coefficient (Wildman–Crippen LogP) is 1.79. The Hall–Kier alpha value is -3.23. The van der Waals surface area contributed by atoms with Crippen molar-refractivity contribution >= 4 is 29.5 Å². The zero-order valence-electron chi connectivity index (χ0n) is 19.9. The van der Waals surface area contributed by atoms with E-state index >= 15 is 0 Å². The molecule has 1 aliphatic heterocycles. The van der Waals surface area contributed by atoms with Gasteiger partial charge in [-0.2, -0.15) is 0 Å². The number of hydrogen-bond donors (Lipinski definition) is 3. The topological polar surface area (TPSA) is 125 Å². The van der Waals surface area contributed by atoms with Crippen molar-refractivity contribution in [3.05, 3.63) is 35.9 Å². The number of rotatable bonds is 10. The number of carbonyl (C=O) groups is 5. The molecule has 0 bridgehead atoms. The highest BCUT2D eigenvalue weighted by atomic mass is 16.2. The summed E-state index contributed by atoms with van der Waals surface area (Å²) in [5, 5.41) is 7.82. The van der Waals surface area contributed by atoms with Crippen LogP contribution in [0.2, 0.25) is 0 Å². The van der Waals surface area contributed by atoms with E-state index in [1.54, 1.807) is 18.7 Å². The summed E-state index contributed by atoms with van der Waals surface area (Å²) < 4.78 is 0. The second-order valence-corrected chi connectivity index (χ2v) is 8.60. The van der Waals surface area contributed by atoms with Crippen molar-refractivity contribution in [2.45, 2.75) is 53.1 Å². The second kappa shape index (κ2) is 11.6. The van der Waals surface area contributed by atoms with Gasteiger partial charge in [-0.05, 0) is 25.3 Å². The molecule has 9 nitrogen and oxygen atoms in total. The number of nitrogens with zero attached hydrogens (tertiary/aromatic N) is 1. The first-order valence-corrected chi connectivity index (χ1v) is 11.4. The van der Waals surface area contributed by atoms with Gasteiger partial charge in [0.1, 0.15) is 5.92 Å². The fourth-order valence-electron chi connectivity index (χ4n) is 3.93. The molecule has 1 aromatic rings. The van der Waals surface area contributed by atoms with E-state index in [0.29, 0.717) is 13.1 Å². The zero-order chi connectivity index (χ0) is 24.7. The summed E-state index contributed by atoms with van der Waals surface area (Å²) in [6.07, 6.45) is -0.0845. The van der Waals surface area contributed by atoms with Gasteiger partial charge < -0.3 is 15.5 Å². The molecule has 0 spiro atoms. The maximum absolute atomic E-state index is 13.1. The molecule has 0 aliphatic carbocycles. The minimum Gasteiger partial charge on any atom is -0.346 e. The Bertz CT molecular complexity index is 882. The fraction of sp³-hybridized carbons (Fsp3) is 0.542. The van der Waals surface area contributed by atoms with E-state index in [-0.39, 0.29) is 18.4 Å².